The van der Waals surface area contributed by atoms with Gasteiger partial charge in [0.2, 0.25) is 0 Å². The first kappa shape index (κ1) is 18.3. The zero-order chi connectivity index (χ0) is 17.7. The van der Waals surface area contributed by atoms with Crippen LogP contribution in [0.5, 0.6) is 5.75 Å². The van der Waals surface area contributed by atoms with E-state index in [1.54, 1.807) is 18.2 Å². The smallest absolute Gasteiger partial charge is 0.335 e. The molecule has 0 spiro atoms. The molecule has 3 nitrogen and oxygen atoms in total. The number of aliphatic carboxylic acids is 1. The highest BCUT2D eigenvalue weighted by Gasteiger charge is 2.28. The number of hydrogen-bond acceptors (Lipinski definition) is 2. The SMILES string of the molecule is CCC(CC)CCc1cc(O)ccc1[C@@]1(C)C=CC(C(=O)O)=CC1. The molecule has 2 N–H and O–H groups in total. The maximum atomic E-state index is 11.1. The van der Waals surface area contributed by atoms with Crippen LogP contribution in [0, 0.1) is 5.92 Å². The number of rotatable bonds is 7. The second-order valence-electron chi connectivity index (χ2n) is 6.98. The van der Waals surface area contributed by atoms with E-state index in [1.165, 1.54) is 24.0 Å². The summed E-state index contributed by atoms with van der Waals surface area (Å²) in [4.78, 5) is 11.1. The Morgan fingerprint density at radius 2 is 2.00 bits per heavy atom. The van der Waals surface area contributed by atoms with Crippen molar-refractivity contribution in [3.05, 3.63) is 53.1 Å². The van der Waals surface area contributed by atoms with Crippen LogP contribution in [0.3, 0.4) is 0 Å². The Bertz CT molecular complexity index is 653. The van der Waals surface area contributed by atoms with Crippen LogP contribution in [-0.4, -0.2) is 16.2 Å². The van der Waals surface area contributed by atoms with Gasteiger partial charge in [-0.15, -0.1) is 0 Å². The molecule has 0 saturated heterocycles. The first-order valence-corrected chi connectivity index (χ1v) is 8.84. The molecular formula is C21H28O3. The molecule has 1 aromatic carbocycles. The standard InChI is InChI=1S/C21H28O3/c1-4-15(5-2)6-7-17-14-18(22)8-9-19(17)21(3)12-10-16(11-13-21)20(23)24/h8-12,14-15,22H,4-7,13H2,1-3H3,(H,23,24)/t21-/m0/s1. The molecule has 1 aliphatic rings. The number of phenols is 1. The van der Waals surface area contributed by atoms with Crippen LogP contribution >= 0.6 is 0 Å². The van der Waals surface area contributed by atoms with Crippen LogP contribution in [-0.2, 0) is 16.6 Å². The maximum absolute atomic E-state index is 11.1. The number of aryl methyl sites for hydroxylation is 1. The third-order valence-corrected chi connectivity index (χ3v) is 5.30. The van der Waals surface area contributed by atoms with Crippen LogP contribution in [0.2, 0.25) is 0 Å². The Hall–Kier alpha value is -2.03. The zero-order valence-electron chi connectivity index (χ0n) is 14.9. The van der Waals surface area contributed by atoms with E-state index in [9.17, 15) is 9.90 Å². The summed E-state index contributed by atoms with van der Waals surface area (Å²) in [5.74, 6) is 0.116. The van der Waals surface area contributed by atoms with E-state index in [-0.39, 0.29) is 5.41 Å². The molecule has 1 atom stereocenters. The maximum Gasteiger partial charge on any atom is 0.335 e. The Morgan fingerprint density at radius 1 is 1.29 bits per heavy atom. The van der Waals surface area contributed by atoms with E-state index in [1.807, 2.05) is 18.2 Å². The Balaban J connectivity index is 2.27. The number of carbonyl (C=O) groups is 1. The molecule has 0 heterocycles. The van der Waals surface area contributed by atoms with Crippen molar-refractivity contribution in [3.63, 3.8) is 0 Å². The molecular weight excluding hydrogens is 300 g/mol. The quantitative estimate of drug-likeness (QED) is 0.741. The summed E-state index contributed by atoms with van der Waals surface area (Å²) < 4.78 is 0. The molecule has 1 aliphatic carbocycles. The van der Waals surface area contributed by atoms with Gasteiger partial charge in [0.1, 0.15) is 5.75 Å². The Labute approximate surface area is 144 Å². The fourth-order valence-electron chi connectivity index (χ4n) is 3.49. The molecule has 3 heteroatoms. The van der Waals surface area contributed by atoms with Gasteiger partial charge in [0.15, 0.2) is 0 Å². The molecule has 0 saturated carbocycles. The summed E-state index contributed by atoms with van der Waals surface area (Å²) >= 11 is 0. The first-order chi connectivity index (χ1) is 11.4. The van der Waals surface area contributed by atoms with E-state index < -0.39 is 5.97 Å². The predicted molar refractivity (Wildman–Crippen MR) is 97.3 cm³/mol. The molecule has 24 heavy (non-hydrogen) atoms. The molecule has 0 fully saturated rings. The molecule has 0 aromatic heterocycles. The van der Waals surface area contributed by atoms with E-state index in [4.69, 9.17) is 5.11 Å². The largest absolute Gasteiger partial charge is 0.508 e. The van der Waals surface area contributed by atoms with Crippen molar-refractivity contribution in [1.82, 2.24) is 0 Å². The van der Waals surface area contributed by atoms with Gasteiger partial charge < -0.3 is 10.2 Å². The minimum atomic E-state index is -0.882. The first-order valence-electron chi connectivity index (χ1n) is 8.84. The summed E-state index contributed by atoms with van der Waals surface area (Å²) in [6, 6.07) is 5.58. The van der Waals surface area contributed by atoms with Crippen molar-refractivity contribution in [1.29, 1.82) is 0 Å². The molecule has 0 bridgehead atoms. The number of benzene rings is 1. The number of phenolic OH excluding ortho intramolecular Hbond substituents is 1. The number of hydrogen-bond donors (Lipinski definition) is 2. The molecule has 0 amide bonds. The highest BCUT2D eigenvalue weighted by molar-refractivity contribution is 5.90. The third-order valence-electron chi connectivity index (χ3n) is 5.30. The average molecular weight is 328 g/mol. The van der Waals surface area contributed by atoms with Gasteiger partial charge in [-0.2, -0.15) is 0 Å². The number of carboxylic acid groups (broad SMARTS) is 1. The van der Waals surface area contributed by atoms with Crippen molar-refractivity contribution in [2.45, 2.75) is 58.3 Å². The van der Waals surface area contributed by atoms with Gasteiger partial charge in [-0.3, -0.25) is 0 Å². The summed E-state index contributed by atoms with van der Waals surface area (Å²) in [6.45, 7) is 6.58. The number of carboxylic acids is 1. The van der Waals surface area contributed by atoms with E-state index in [0.717, 1.165) is 12.8 Å². The Morgan fingerprint density at radius 3 is 2.54 bits per heavy atom. The van der Waals surface area contributed by atoms with Gasteiger partial charge in [0.05, 0.1) is 5.57 Å². The van der Waals surface area contributed by atoms with Gasteiger partial charge in [-0.05, 0) is 48.4 Å². The van der Waals surface area contributed by atoms with Crippen LogP contribution in [0.4, 0.5) is 0 Å². The van der Waals surface area contributed by atoms with E-state index in [0.29, 0.717) is 23.7 Å². The van der Waals surface area contributed by atoms with Crippen LogP contribution in [0.1, 0.15) is 57.6 Å². The zero-order valence-corrected chi connectivity index (χ0v) is 14.9. The summed E-state index contributed by atoms with van der Waals surface area (Å²) in [5, 5.41) is 19.0. The topological polar surface area (TPSA) is 57.5 Å². The summed E-state index contributed by atoms with van der Waals surface area (Å²) in [5.41, 5.74) is 2.48. The van der Waals surface area contributed by atoms with Crippen molar-refractivity contribution < 1.29 is 15.0 Å². The van der Waals surface area contributed by atoms with Gasteiger partial charge in [0.25, 0.3) is 0 Å². The Kier molecular flexibility index (Phi) is 5.87. The van der Waals surface area contributed by atoms with Crippen LogP contribution in [0.25, 0.3) is 0 Å². The summed E-state index contributed by atoms with van der Waals surface area (Å²) in [6.07, 6.45) is 10.5. The monoisotopic (exact) mass is 328 g/mol. The van der Waals surface area contributed by atoms with Gasteiger partial charge in [-0.25, -0.2) is 4.79 Å². The highest BCUT2D eigenvalue weighted by atomic mass is 16.4. The van der Waals surface area contributed by atoms with E-state index >= 15 is 0 Å². The van der Waals surface area contributed by atoms with Gasteiger partial charge in [0, 0.05) is 5.41 Å². The average Bonchev–Trinajstić information content (AvgIpc) is 2.56. The van der Waals surface area contributed by atoms with Gasteiger partial charge >= 0.3 is 5.97 Å². The highest BCUT2D eigenvalue weighted by Crippen LogP contribution is 2.37. The van der Waals surface area contributed by atoms with Crippen LogP contribution < -0.4 is 0 Å². The van der Waals surface area contributed by atoms with Crippen molar-refractivity contribution >= 4 is 5.97 Å². The van der Waals surface area contributed by atoms with E-state index in [2.05, 4.69) is 20.8 Å². The van der Waals surface area contributed by atoms with Crippen molar-refractivity contribution in [2.24, 2.45) is 5.92 Å². The molecule has 0 aliphatic heterocycles. The molecule has 0 radical (unpaired) electrons. The fourth-order valence-corrected chi connectivity index (χ4v) is 3.49. The number of aromatic hydroxyl groups is 1. The van der Waals surface area contributed by atoms with Gasteiger partial charge in [-0.1, -0.05) is 57.9 Å². The lowest BCUT2D eigenvalue weighted by Gasteiger charge is -2.31. The number of allylic oxidation sites excluding steroid dienone is 2. The lowest BCUT2D eigenvalue weighted by Crippen LogP contribution is -2.23. The summed E-state index contributed by atoms with van der Waals surface area (Å²) in [7, 11) is 0. The predicted octanol–water partition coefficient (Wildman–Crippen LogP) is 4.99. The molecule has 0 unspecified atom stereocenters. The van der Waals surface area contributed by atoms with Crippen molar-refractivity contribution in [2.75, 3.05) is 0 Å². The molecule has 2 rings (SSSR count). The third kappa shape index (κ3) is 4.08. The normalized spacial score (nSPS) is 20.2. The lowest BCUT2D eigenvalue weighted by molar-refractivity contribution is -0.132. The lowest BCUT2D eigenvalue weighted by atomic mass is 9.73. The second kappa shape index (κ2) is 7.69. The van der Waals surface area contributed by atoms with Crippen LogP contribution in [0.15, 0.2) is 42.0 Å². The molecule has 1 aromatic rings. The fraction of sp³-hybridized carbons (Fsp3) is 0.476. The minimum Gasteiger partial charge on any atom is -0.508 e. The second-order valence-corrected chi connectivity index (χ2v) is 6.98. The van der Waals surface area contributed by atoms with Crippen molar-refractivity contribution in [3.8, 4) is 5.75 Å². The minimum absolute atomic E-state index is 0.226. The molecule has 130 valence electrons.